The van der Waals surface area contributed by atoms with Crippen LogP contribution in [0.3, 0.4) is 0 Å². The Morgan fingerprint density at radius 1 is 1.50 bits per heavy atom. The molecule has 0 aliphatic carbocycles. The molecule has 0 bridgehead atoms. The zero-order valence-electron chi connectivity index (χ0n) is 12.2. The predicted molar refractivity (Wildman–Crippen MR) is 74.7 cm³/mol. The summed E-state index contributed by atoms with van der Waals surface area (Å²) in [5.74, 6) is -1.46. The average molecular weight is 310 g/mol. The number of hydrogen-bond acceptors (Lipinski definition) is 8. The summed E-state index contributed by atoms with van der Waals surface area (Å²) in [5, 5.41) is 34.4. The van der Waals surface area contributed by atoms with Gasteiger partial charge in [-0.15, -0.1) is 0 Å². The molecule has 0 amide bonds. The van der Waals surface area contributed by atoms with Crippen LogP contribution in [0.4, 0.5) is 5.82 Å². The van der Waals surface area contributed by atoms with E-state index in [1.807, 2.05) is 0 Å². The second-order valence-corrected chi connectivity index (χ2v) is 5.41. The molecule has 1 aliphatic heterocycles. The summed E-state index contributed by atoms with van der Waals surface area (Å²) in [6.07, 6.45) is -1.08. The lowest BCUT2D eigenvalue weighted by Crippen LogP contribution is -2.54. The highest BCUT2D eigenvalue weighted by Crippen LogP contribution is 2.47. The monoisotopic (exact) mass is 310 g/mol. The average Bonchev–Trinajstić information content (AvgIpc) is 3.01. The highest BCUT2D eigenvalue weighted by Gasteiger charge is 2.65. The Kier molecular flexibility index (Phi) is 3.34. The number of nitrogens with zero attached hydrogens (tertiary/aromatic N) is 3. The Balaban J connectivity index is 2.24. The van der Waals surface area contributed by atoms with Crippen LogP contribution in [0.25, 0.3) is 5.52 Å². The van der Waals surface area contributed by atoms with Crippen molar-refractivity contribution in [1.29, 1.82) is 0 Å². The number of aliphatic hydroxyl groups excluding tert-OH is 2. The first-order valence-corrected chi connectivity index (χ1v) is 6.72. The maximum atomic E-state index is 10.8. The van der Waals surface area contributed by atoms with E-state index in [9.17, 15) is 15.3 Å². The van der Waals surface area contributed by atoms with E-state index in [0.717, 1.165) is 0 Å². The van der Waals surface area contributed by atoms with Crippen molar-refractivity contribution in [3.05, 3.63) is 24.2 Å². The molecule has 1 fully saturated rings. The van der Waals surface area contributed by atoms with Crippen molar-refractivity contribution < 1.29 is 24.8 Å². The van der Waals surface area contributed by atoms with Gasteiger partial charge >= 0.3 is 0 Å². The standard InChI is InChI=1S/C13H18N4O5/c1-12(20)10(19)8(5-18)22-13(12,21-2)9-4-3-7-11(14)15-6-16-17(7)9/h3-4,6,8,10,18-20H,5H2,1-2H3,(H2,14,15,16)/t8-,10-,12-,13?/m1/s1. The third kappa shape index (κ3) is 1.71. The van der Waals surface area contributed by atoms with Gasteiger partial charge in [-0.1, -0.05) is 0 Å². The van der Waals surface area contributed by atoms with E-state index in [-0.39, 0.29) is 5.82 Å². The topological polar surface area (TPSA) is 135 Å². The van der Waals surface area contributed by atoms with Crippen LogP contribution in [0.1, 0.15) is 12.6 Å². The summed E-state index contributed by atoms with van der Waals surface area (Å²) < 4.78 is 12.5. The Morgan fingerprint density at radius 3 is 2.82 bits per heavy atom. The quantitative estimate of drug-likeness (QED) is 0.544. The van der Waals surface area contributed by atoms with Crippen molar-refractivity contribution in [2.75, 3.05) is 19.5 Å². The molecular formula is C13H18N4O5. The summed E-state index contributed by atoms with van der Waals surface area (Å²) in [6.45, 7) is 0.906. The highest BCUT2D eigenvalue weighted by molar-refractivity contribution is 5.65. The van der Waals surface area contributed by atoms with E-state index >= 15 is 0 Å². The molecule has 9 nitrogen and oxygen atoms in total. The molecule has 1 saturated heterocycles. The van der Waals surface area contributed by atoms with Gasteiger partial charge in [0, 0.05) is 7.11 Å². The number of rotatable bonds is 3. The zero-order valence-corrected chi connectivity index (χ0v) is 12.2. The van der Waals surface area contributed by atoms with Crippen LogP contribution in [0, 0.1) is 0 Å². The number of nitrogen functional groups attached to an aromatic ring is 1. The first-order valence-electron chi connectivity index (χ1n) is 6.72. The molecule has 4 atom stereocenters. The molecular weight excluding hydrogens is 292 g/mol. The van der Waals surface area contributed by atoms with Crippen molar-refractivity contribution in [2.45, 2.75) is 30.5 Å². The minimum atomic E-state index is -1.82. The van der Waals surface area contributed by atoms with Gasteiger partial charge in [-0.2, -0.15) is 5.10 Å². The van der Waals surface area contributed by atoms with Crippen LogP contribution >= 0.6 is 0 Å². The van der Waals surface area contributed by atoms with Crippen molar-refractivity contribution in [3.63, 3.8) is 0 Å². The lowest BCUT2D eigenvalue weighted by Gasteiger charge is -2.37. The molecule has 3 heterocycles. The highest BCUT2D eigenvalue weighted by atomic mass is 16.7. The van der Waals surface area contributed by atoms with Gasteiger partial charge in [0.25, 0.3) is 0 Å². The van der Waals surface area contributed by atoms with Gasteiger partial charge in [0.1, 0.15) is 29.7 Å². The van der Waals surface area contributed by atoms with E-state index in [4.69, 9.17) is 15.2 Å². The van der Waals surface area contributed by atoms with E-state index in [1.165, 1.54) is 24.9 Å². The molecule has 0 spiro atoms. The number of aliphatic hydroxyl groups is 3. The molecule has 1 unspecified atom stereocenters. The summed E-state index contributed by atoms with van der Waals surface area (Å²) in [6, 6.07) is 3.27. The SMILES string of the molecule is COC1(c2ccc3c(N)ncnn23)O[C@H](CO)[C@@H](O)[C@@]1(C)O. The first-order chi connectivity index (χ1) is 10.4. The molecule has 5 N–H and O–H groups in total. The minimum absolute atomic E-state index is 0.254. The second-order valence-electron chi connectivity index (χ2n) is 5.41. The summed E-state index contributed by atoms with van der Waals surface area (Å²) in [5.41, 5.74) is 4.82. The van der Waals surface area contributed by atoms with Gasteiger partial charge in [-0.25, -0.2) is 9.50 Å². The number of anilines is 1. The molecule has 22 heavy (non-hydrogen) atoms. The fourth-order valence-corrected chi connectivity index (χ4v) is 2.97. The van der Waals surface area contributed by atoms with E-state index in [0.29, 0.717) is 11.2 Å². The predicted octanol–water partition coefficient (Wildman–Crippen LogP) is -1.39. The molecule has 0 saturated carbocycles. The molecule has 3 rings (SSSR count). The summed E-state index contributed by atoms with van der Waals surface area (Å²) >= 11 is 0. The van der Waals surface area contributed by atoms with Gasteiger partial charge in [-0.3, -0.25) is 0 Å². The molecule has 2 aromatic rings. The molecule has 120 valence electrons. The van der Waals surface area contributed by atoms with Crippen molar-refractivity contribution >= 4 is 11.3 Å². The molecule has 2 aromatic heterocycles. The van der Waals surface area contributed by atoms with Crippen molar-refractivity contribution in [1.82, 2.24) is 14.6 Å². The maximum absolute atomic E-state index is 10.8. The fraction of sp³-hybridized carbons (Fsp3) is 0.538. The number of ether oxygens (including phenoxy) is 2. The Labute approximate surface area is 125 Å². The van der Waals surface area contributed by atoms with Gasteiger partial charge in [-0.05, 0) is 19.1 Å². The molecule has 0 radical (unpaired) electrons. The molecule has 9 heteroatoms. The van der Waals surface area contributed by atoms with Gasteiger partial charge in [0.05, 0.1) is 6.61 Å². The largest absolute Gasteiger partial charge is 0.394 e. The fourth-order valence-electron chi connectivity index (χ4n) is 2.97. The Bertz CT molecular complexity index is 703. The number of hydrogen-bond donors (Lipinski definition) is 4. The van der Waals surface area contributed by atoms with Gasteiger partial charge < -0.3 is 30.5 Å². The Hall–Kier alpha value is -1.78. The van der Waals surface area contributed by atoms with Gasteiger partial charge in [0.15, 0.2) is 11.4 Å². The second kappa shape index (κ2) is 4.86. The number of methoxy groups -OCH3 is 1. The molecule has 0 aromatic carbocycles. The molecule has 1 aliphatic rings. The van der Waals surface area contributed by atoms with Crippen LogP contribution in [-0.2, 0) is 15.3 Å². The van der Waals surface area contributed by atoms with Crippen LogP contribution in [0.5, 0.6) is 0 Å². The van der Waals surface area contributed by atoms with Crippen LogP contribution < -0.4 is 5.73 Å². The van der Waals surface area contributed by atoms with Crippen molar-refractivity contribution in [3.8, 4) is 0 Å². The summed E-state index contributed by atoms with van der Waals surface area (Å²) in [4.78, 5) is 3.89. The van der Waals surface area contributed by atoms with Crippen LogP contribution in [-0.4, -0.2) is 61.4 Å². The number of nitrogens with two attached hydrogens (primary N) is 1. The smallest absolute Gasteiger partial charge is 0.244 e. The van der Waals surface area contributed by atoms with Crippen molar-refractivity contribution in [2.24, 2.45) is 0 Å². The van der Waals surface area contributed by atoms with E-state index < -0.39 is 30.2 Å². The zero-order chi connectivity index (χ0) is 16.1. The summed E-state index contributed by atoms with van der Waals surface area (Å²) in [7, 11) is 1.34. The van der Waals surface area contributed by atoms with E-state index in [2.05, 4.69) is 10.1 Å². The van der Waals surface area contributed by atoms with Crippen LogP contribution in [0.15, 0.2) is 18.5 Å². The number of aromatic nitrogens is 3. The maximum Gasteiger partial charge on any atom is 0.244 e. The van der Waals surface area contributed by atoms with Crippen LogP contribution in [0.2, 0.25) is 0 Å². The lowest BCUT2D eigenvalue weighted by atomic mass is 9.88. The lowest BCUT2D eigenvalue weighted by molar-refractivity contribution is -0.290. The minimum Gasteiger partial charge on any atom is -0.394 e. The first kappa shape index (κ1) is 15.1. The Morgan fingerprint density at radius 2 is 2.23 bits per heavy atom. The van der Waals surface area contributed by atoms with E-state index in [1.54, 1.807) is 12.1 Å². The normalized spacial score (nSPS) is 35.3. The number of fused-ring (bicyclic) bond motifs is 1. The third-order valence-electron chi connectivity index (χ3n) is 4.20. The third-order valence-corrected chi connectivity index (χ3v) is 4.20. The van der Waals surface area contributed by atoms with Gasteiger partial charge in [0.2, 0.25) is 5.79 Å².